The average Bonchev–Trinajstić information content (AvgIpc) is 2.42. The van der Waals surface area contributed by atoms with Gasteiger partial charge in [0.15, 0.2) is 0 Å². The molecule has 0 aromatic heterocycles. The van der Waals surface area contributed by atoms with Crippen LogP contribution in [0.15, 0.2) is 18.2 Å². The quantitative estimate of drug-likeness (QED) is 0.805. The maximum absolute atomic E-state index is 12.0. The van der Waals surface area contributed by atoms with Gasteiger partial charge in [0, 0.05) is 17.5 Å². The maximum atomic E-state index is 12.0. The number of hydrogen-bond acceptors (Lipinski definition) is 2. The number of nitrogens with zero attached hydrogens (tertiary/aromatic N) is 1. The highest BCUT2D eigenvalue weighted by Gasteiger charge is 2.29. The molecule has 1 aliphatic heterocycles. The minimum absolute atomic E-state index is 0.0810. The van der Waals surface area contributed by atoms with E-state index in [1.54, 1.807) is 23.1 Å². The highest BCUT2D eigenvalue weighted by molar-refractivity contribution is 9.09. The Bertz CT molecular complexity index is 507. The van der Waals surface area contributed by atoms with Crippen molar-refractivity contribution >= 4 is 50.7 Å². The third-order valence-electron chi connectivity index (χ3n) is 2.80. The molecule has 2 amide bonds. The molecule has 0 fully saturated rings. The zero-order valence-electron chi connectivity index (χ0n) is 9.74. The lowest BCUT2D eigenvalue weighted by atomic mass is 10.2. The van der Waals surface area contributed by atoms with Gasteiger partial charge in [-0.2, -0.15) is 0 Å². The molecule has 1 unspecified atom stereocenters. The van der Waals surface area contributed by atoms with Crippen LogP contribution in [0.4, 0.5) is 11.4 Å². The van der Waals surface area contributed by atoms with Crippen molar-refractivity contribution in [2.24, 2.45) is 0 Å². The van der Waals surface area contributed by atoms with E-state index in [2.05, 4.69) is 21.2 Å². The van der Waals surface area contributed by atoms with Gasteiger partial charge in [-0.1, -0.05) is 27.5 Å². The predicted octanol–water partition coefficient (Wildman–Crippen LogP) is 2.80. The Morgan fingerprint density at radius 2 is 2.33 bits per heavy atom. The van der Waals surface area contributed by atoms with E-state index in [-0.39, 0.29) is 29.6 Å². The smallest absolute Gasteiger partial charge is 0.237 e. The van der Waals surface area contributed by atoms with Crippen LogP contribution in [0, 0.1) is 0 Å². The monoisotopic (exact) mass is 330 g/mol. The van der Waals surface area contributed by atoms with Crippen molar-refractivity contribution in [1.29, 1.82) is 0 Å². The van der Waals surface area contributed by atoms with Crippen LogP contribution in [-0.2, 0) is 9.59 Å². The summed E-state index contributed by atoms with van der Waals surface area (Å²) < 4.78 is 0. The van der Waals surface area contributed by atoms with E-state index in [0.29, 0.717) is 16.4 Å². The SMILES string of the molecule is CC1CC(=O)Nc2cc(Cl)ccc2N1C(=O)CBr. The van der Waals surface area contributed by atoms with Gasteiger partial charge >= 0.3 is 0 Å². The third kappa shape index (κ3) is 2.52. The fourth-order valence-electron chi connectivity index (χ4n) is 2.06. The number of rotatable bonds is 1. The van der Waals surface area contributed by atoms with Crippen LogP contribution in [0.1, 0.15) is 13.3 Å². The van der Waals surface area contributed by atoms with Crippen molar-refractivity contribution < 1.29 is 9.59 Å². The first-order chi connectivity index (χ1) is 8.52. The molecule has 1 aliphatic rings. The Hall–Kier alpha value is -1.07. The predicted molar refractivity (Wildman–Crippen MR) is 75.4 cm³/mol. The maximum Gasteiger partial charge on any atom is 0.237 e. The second-order valence-corrected chi connectivity index (χ2v) is 5.16. The molecule has 0 saturated carbocycles. The van der Waals surface area contributed by atoms with Crippen molar-refractivity contribution in [1.82, 2.24) is 0 Å². The molecule has 1 aromatic rings. The fraction of sp³-hybridized carbons (Fsp3) is 0.333. The highest BCUT2D eigenvalue weighted by atomic mass is 79.9. The molecular formula is C12H12BrClN2O2. The first-order valence-electron chi connectivity index (χ1n) is 5.50. The van der Waals surface area contributed by atoms with Crippen molar-refractivity contribution in [3.05, 3.63) is 23.2 Å². The Balaban J connectivity index is 2.53. The molecule has 1 N–H and O–H groups in total. The summed E-state index contributed by atoms with van der Waals surface area (Å²) in [4.78, 5) is 25.3. The number of hydrogen-bond donors (Lipinski definition) is 1. The van der Waals surface area contributed by atoms with Crippen molar-refractivity contribution in [2.75, 3.05) is 15.5 Å². The van der Waals surface area contributed by atoms with Crippen molar-refractivity contribution in [2.45, 2.75) is 19.4 Å². The number of anilines is 2. The van der Waals surface area contributed by atoms with Gasteiger partial charge in [-0.25, -0.2) is 0 Å². The van der Waals surface area contributed by atoms with Gasteiger partial charge in [0.1, 0.15) is 0 Å². The van der Waals surface area contributed by atoms with E-state index in [0.717, 1.165) is 0 Å². The van der Waals surface area contributed by atoms with Crippen molar-refractivity contribution in [3.63, 3.8) is 0 Å². The molecular weight excluding hydrogens is 320 g/mol. The van der Waals surface area contributed by atoms with Gasteiger partial charge < -0.3 is 10.2 Å². The van der Waals surface area contributed by atoms with Crippen LogP contribution in [0.25, 0.3) is 0 Å². The summed E-state index contributed by atoms with van der Waals surface area (Å²) in [5, 5.41) is 3.51. The molecule has 2 rings (SSSR count). The van der Waals surface area contributed by atoms with E-state index in [1.807, 2.05) is 6.92 Å². The summed E-state index contributed by atoms with van der Waals surface area (Å²) in [6, 6.07) is 4.93. The number of nitrogens with one attached hydrogen (secondary N) is 1. The van der Waals surface area contributed by atoms with Crippen LogP contribution in [-0.4, -0.2) is 23.2 Å². The minimum Gasteiger partial charge on any atom is -0.324 e. The van der Waals surface area contributed by atoms with E-state index in [4.69, 9.17) is 11.6 Å². The number of carbonyl (C=O) groups excluding carboxylic acids is 2. The summed E-state index contributed by atoms with van der Waals surface area (Å²) in [5.41, 5.74) is 1.26. The van der Waals surface area contributed by atoms with Crippen LogP contribution in [0.3, 0.4) is 0 Å². The summed E-state index contributed by atoms with van der Waals surface area (Å²) in [5.74, 6) is -0.196. The van der Waals surface area contributed by atoms with Crippen LogP contribution in [0.5, 0.6) is 0 Å². The molecule has 1 atom stereocenters. The second-order valence-electron chi connectivity index (χ2n) is 4.16. The minimum atomic E-state index is -0.183. The average molecular weight is 332 g/mol. The Labute approximate surface area is 118 Å². The lowest BCUT2D eigenvalue weighted by Gasteiger charge is -2.27. The van der Waals surface area contributed by atoms with E-state index in [1.165, 1.54) is 0 Å². The van der Waals surface area contributed by atoms with Gasteiger partial charge in [0.05, 0.1) is 16.7 Å². The van der Waals surface area contributed by atoms with Gasteiger partial charge in [-0.3, -0.25) is 9.59 Å². The lowest BCUT2D eigenvalue weighted by molar-refractivity contribution is -0.117. The van der Waals surface area contributed by atoms with E-state index in [9.17, 15) is 9.59 Å². The summed E-state index contributed by atoms with van der Waals surface area (Å²) in [6.07, 6.45) is 0.269. The largest absolute Gasteiger partial charge is 0.324 e. The third-order valence-corrected chi connectivity index (χ3v) is 3.51. The highest BCUT2D eigenvalue weighted by Crippen LogP contribution is 2.33. The molecule has 0 aliphatic carbocycles. The summed E-state index contributed by atoms with van der Waals surface area (Å²) in [7, 11) is 0. The number of carbonyl (C=O) groups is 2. The molecule has 96 valence electrons. The van der Waals surface area contributed by atoms with Gasteiger partial charge in [0.25, 0.3) is 0 Å². The van der Waals surface area contributed by atoms with Gasteiger partial charge in [0.2, 0.25) is 11.8 Å². The first-order valence-corrected chi connectivity index (χ1v) is 7.00. The molecule has 6 heteroatoms. The number of fused-ring (bicyclic) bond motifs is 1. The molecule has 1 aromatic carbocycles. The molecule has 4 nitrogen and oxygen atoms in total. The van der Waals surface area contributed by atoms with E-state index < -0.39 is 0 Å². The Morgan fingerprint density at radius 3 is 3.00 bits per heavy atom. The van der Waals surface area contributed by atoms with Crippen molar-refractivity contribution in [3.8, 4) is 0 Å². The Kier molecular flexibility index (Phi) is 3.92. The lowest BCUT2D eigenvalue weighted by Crippen LogP contribution is -2.39. The molecule has 0 spiro atoms. The van der Waals surface area contributed by atoms with Gasteiger partial charge in [-0.15, -0.1) is 0 Å². The van der Waals surface area contributed by atoms with Crippen LogP contribution in [0.2, 0.25) is 5.02 Å². The normalized spacial score (nSPS) is 18.9. The number of alkyl halides is 1. The summed E-state index contributed by atoms with van der Waals surface area (Å²) >= 11 is 9.07. The van der Waals surface area contributed by atoms with Crippen LogP contribution >= 0.6 is 27.5 Å². The zero-order chi connectivity index (χ0) is 13.3. The fourth-order valence-corrected chi connectivity index (χ4v) is 2.50. The van der Waals surface area contributed by atoms with Gasteiger partial charge in [-0.05, 0) is 25.1 Å². The number of amides is 2. The standard InChI is InChI=1S/C12H12BrClN2O2/c1-7-4-11(17)15-9-5-8(14)2-3-10(9)16(7)12(18)6-13/h2-3,5,7H,4,6H2,1H3,(H,15,17). The second kappa shape index (κ2) is 5.28. The zero-order valence-corrected chi connectivity index (χ0v) is 12.1. The molecule has 18 heavy (non-hydrogen) atoms. The topological polar surface area (TPSA) is 49.4 Å². The Morgan fingerprint density at radius 1 is 1.61 bits per heavy atom. The number of benzene rings is 1. The molecule has 1 heterocycles. The number of halogens is 2. The molecule has 0 saturated heterocycles. The summed E-state index contributed by atoms with van der Waals surface area (Å²) in [6.45, 7) is 1.85. The molecule has 0 radical (unpaired) electrons. The first kappa shape index (κ1) is 13.4. The van der Waals surface area contributed by atoms with E-state index >= 15 is 0 Å². The van der Waals surface area contributed by atoms with Crippen LogP contribution < -0.4 is 10.2 Å². The molecule has 0 bridgehead atoms.